The summed E-state index contributed by atoms with van der Waals surface area (Å²) in [5, 5.41) is 5.52. The molecule has 0 aromatic heterocycles. The quantitative estimate of drug-likeness (QED) is 0.855. The highest BCUT2D eigenvalue weighted by atomic mass is 16.5. The Morgan fingerprint density at radius 2 is 2.17 bits per heavy atom. The lowest BCUT2D eigenvalue weighted by Gasteiger charge is -2.30. The zero-order valence-electron chi connectivity index (χ0n) is 13.7. The molecule has 0 radical (unpaired) electrons. The van der Waals surface area contributed by atoms with Crippen molar-refractivity contribution in [1.29, 1.82) is 0 Å². The molecule has 7 nitrogen and oxygen atoms in total. The molecule has 1 saturated heterocycles. The van der Waals surface area contributed by atoms with Gasteiger partial charge in [-0.05, 0) is 25.1 Å². The Bertz CT molecular complexity index is 576. The Hall–Kier alpha value is -2.12. The lowest BCUT2D eigenvalue weighted by atomic mass is 10.2. The van der Waals surface area contributed by atoms with Crippen molar-refractivity contribution in [1.82, 2.24) is 4.90 Å². The van der Waals surface area contributed by atoms with Crippen LogP contribution in [-0.4, -0.2) is 56.2 Å². The molecule has 0 spiro atoms. The first-order valence-corrected chi connectivity index (χ1v) is 7.57. The molecule has 2 N–H and O–H groups in total. The largest absolute Gasteiger partial charge is 0.495 e. The van der Waals surface area contributed by atoms with Crippen LogP contribution in [0.2, 0.25) is 0 Å². The number of ether oxygens (including phenoxy) is 2. The molecule has 1 aromatic carbocycles. The number of hydrogen-bond acceptors (Lipinski definition) is 5. The van der Waals surface area contributed by atoms with Gasteiger partial charge in [-0.3, -0.25) is 14.5 Å². The Kier molecular flexibility index (Phi) is 5.95. The number of carbonyl (C=O) groups is 2. The highest BCUT2D eigenvalue weighted by Gasteiger charge is 2.19. The van der Waals surface area contributed by atoms with Gasteiger partial charge < -0.3 is 20.1 Å². The maximum Gasteiger partial charge on any atom is 0.238 e. The van der Waals surface area contributed by atoms with E-state index in [-0.39, 0.29) is 17.9 Å². The predicted molar refractivity (Wildman–Crippen MR) is 87.8 cm³/mol. The third-order valence-electron chi connectivity index (χ3n) is 3.49. The molecule has 1 fully saturated rings. The van der Waals surface area contributed by atoms with Gasteiger partial charge in [0.2, 0.25) is 11.8 Å². The van der Waals surface area contributed by atoms with Gasteiger partial charge in [-0.1, -0.05) is 0 Å². The fourth-order valence-electron chi connectivity index (χ4n) is 2.51. The summed E-state index contributed by atoms with van der Waals surface area (Å²) in [4.78, 5) is 25.4. The molecule has 2 amide bonds. The summed E-state index contributed by atoms with van der Waals surface area (Å²) in [5.74, 6) is 0.245. The molecule has 0 bridgehead atoms. The molecule has 23 heavy (non-hydrogen) atoms. The lowest BCUT2D eigenvalue weighted by Crippen LogP contribution is -2.44. The molecule has 2 rings (SSSR count). The summed E-state index contributed by atoms with van der Waals surface area (Å²) in [6.45, 7) is 5.82. The fourth-order valence-corrected chi connectivity index (χ4v) is 2.51. The van der Waals surface area contributed by atoms with E-state index >= 15 is 0 Å². The van der Waals surface area contributed by atoms with E-state index in [1.54, 1.807) is 18.2 Å². The van der Waals surface area contributed by atoms with Gasteiger partial charge in [0.15, 0.2) is 0 Å². The van der Waals surface area contributed by atoms with E-state index < -0.39 is 0 Å². The second-order valence-corrected chi connectivity index (χ2v) is 5.56. The van der Waals surface area contributed by atoms with E-state index in [9.17, 15) is 9.59 Å². The average Bonchev–Trinajstić information content (AvgIpc) is 2.46. The van der Waals surface area contributed by atoms with Gasteiger partial charge in [0.1, 0.15) is 5.75 Å². The second kappa shape index (κ2) is 7.94. The normalized spacial score (nSPS) is 18.3. The third-order valence-corrected chi connectivity index (χ3v) is 3.49. The highest BCUT2D eigenvalue weighted by Crippen LogP contribution is 2.27. The Labute approximate surface area is 135 Å². The number of methoxy groups -OCH3 is 1. The standard InChI is InChI=1S/C16H23N3O4/c1-11-9-19(6-7-23-11)10-16(21)18-14-8-13(17-12(2)20)4-5-15(14)22-3/h4-5,8,11H,6-7,9-10H2,1-3H3,(H,17,20)(H,18,21). The summed E-state index contributed by atoms with van der Waals surface area (Å²) in [6, 6.07) is 5.11. The van der Waals surface area contributed by atoms with Crippen LogP contribution in [0.1, 0.15) is 13.8 Å². The monoisotopic (exact) mass is 321 g/mol. The molecule has 1 aromatic rings. The Morgan fingerprint density at radius 3 is 2.83 bits per heavy atom. The zero-order chi connectivity index (χ0) is 16.8. The predicted octanol–water partition coefficient (Wildman–Crippen LogP) is 1.31. The molecule has 1 aliphatic rings. The van der Waals surface area contributed by atoms with Crippen molar-refractivity contribution in [3.8, 4) is 5.75 Å². The van der Waals surface area contributed by atoms with Gasteiger partial charge in [0.05, 0.1) is 32.1 Å². The van der Waals surface area contributed by atoms with E-state index in [4.69, 9.17) is 9.47 Å². The summed E-state index contributed by atoms with van der Waals surface area (Å²) < 4.78 is 10.7. The van der Waals surface area contributed by atoms with Crippen LogP contribution in [0.25, 0.3) is 0 Å². The number of nitrogens with one attached hydrogen (secondary N) is 2. The lowest BCUT2D eigenvalue weighted by molar-refractivity contribution is -0.119. The zero-order valence-corrected chi connectivity index (χ0v) is 13.7. The average molecular weight is 321 g/mol. The van der Waals surface area contributed by atoms with Crippen molar-refractivity contribution in [3.63, 3.8) is 0 Å². The molecular formula is C16H23N3O4. The molecule has 0 aliphatic carbocycles. The van der Waals surface area contributed by atoms with Crippen LogP contribution in [0.4, 0.5) is 11.4 Å². The first-order valence-electron chi connectivity index (χ1n) is 7.57. The smallest absolute Gasteiger partial charge is 0.238 e. The Morgan fingerprint density at radius 1 is 1.39 bits per heavy atom. The number of nitrogens with zero attached hydrogens (tertiary/aromatic N) is 1. The first kappa shape index (κ1) is 17.2. The van der Waals surface area contributed by atoms with Crippen LogP contribution in [0.15, 0.2) is 18.2 Å². The minimum absolute atomic E-state index is 0.127. The topological polar surface area (TPSA) is 79.9 Å². The van der Waals surface area contributed by atoms with E-state index in [0.717, 1.165) is 13.1 Å². The van der Waals surface area contributed by atoms with Crippen LogP contribution in [0, 0.1) is 0 Å². The molecule has 1 atom stereocenters. The first-order chi connectivity index (χ1) is 11.0. The van der Waals surface area contributed by atoms with E-state index in [2.05, 4.69) is 10.6 Å². The molecule has 1 heterocycles. The van der Waals surface area contributed by atoms with Crippen molar-refractivity contribution < 1.29 is 19.1 Å². The number of carbonyl (C=O) groups excluding carboxylic acids is 2. The van der Waals surface area contributed by atoms with Crippen LogP contribution < -0.4 is 15.4 Å². The van der Waals surface area contributed by atoms with Gasteiger partial charge in [-0.25, -0.2) is 0 Å². The number of anilines is 2. The minimum Gasteiger partial charge on any atom is -0.495 e. The molecule has 126 valence electrons. The summed E-state index contributed by atoms with van der Waals surface area (Å²) >= 11 is 0. The van der Waals surface area contributed by atoms with Crippen LogP contribution in [0.5, 0.6) is 5.75 Å². The third kappa shape index (κ3) is 5.22. The van der Waals surface area contributed by atoms with Gasteiger partial charge in [-0.2, -0.15) is 0 Å². The maximum atomic E-state index is 12.3. The number of amides is 2. The van der Waals surface area contributed by atoms with Crippen molar-refractivity contribution in [2.24, 2.45) is 0 Å². The van der Waals surface area contributed by atoms with Gasteiger partial charge in [-0.15, -0.1) is 0 Å². The van der Waals surface area contributed by atoms with Crippen LogP contribution >= 0.6 is 0 Å². The molecule has 0 saturated carbocycles. The number of rotatable bonds is 5. The fraction of sp³-hybridized carbons (Fsp3) is 0.500. The van der Waals surface area contributed by atoms with E-state index in [1.165, 1.54) is 14.0 Å². The van der Waals surface area contributed by atoms with Crippen molar-refractivity contribution in [2.75, 3.05) is 44.0 Å². The number of benzene rings is 1. The summed E-state index contributed by atoms with van der Waals surface area (Å²) in [6.07, 6.45) is 0.134. The molecule has 7 heteroatoms. The van der Waals surface area contributed by atoms with Crippen molar-refractivity contribution in [3.05, 3.63) is 18.2 Å². The number of morpholine rings is 1. The van der Waals surface area contributed by atoms with Crippen LogP contribution in [-0.2, 0) is 14.3 Å². The molecule has 1 unspecified atom stereocenters. The summed E-state index contributed by atoms with van der Waals surface area (Å²) in [7, 11) is 1.53. The van der Waals surface area contributed by atoms with Gasteiger partial charge in [0.25, 0.3) is 0 Å². The number of hydrogen-bond donors (Lipinski definition) is 2. The second-order valence-electron chi connectivity index (χ2n) is 5.56. The molecular weight excluding hydrogens is 298 g/mol. The summed E-state index contributed by atoms with van der Waals surface area (Å²) in [5.41, 5.74) is 1.14. The van der Waals surface area contributed by atoms with Gasteiger partial charge in [0, 0.05) is 25.7 Å². The van der Waals surface area contributed by atoms with Crippen molar-refractivity contribution in [2.45, 2.75) is 20.0 Å². The van der Waals surface area contributed by atoms with Gasteiger partial charge >= 0.3 is 0 Å². The molecule has 1 aliphatic heterocycles. The maximum absolute atomic E-state index is 12.3. The van der Waals surface area contributed by atoms with E-state index in [1.807, 2.05) is 11.8 Å². The van der Waals surface area contributed by atoms with Crippen LogP contribution in [0.3, 0.4) is 0 Å². The van der Waals surface area contributed by atoms with E-state index in [0.29, 0.717) is 30.3 Å². The van der Waals surface area contributed by atoms with Crippen molar-refractivity contribution >= 4 is 23.2 Å². The Balaban J connectivity index is 2.02. The SMILES string of the molecule is COc1ccc(NC(C)=O)cc1NC(=O)CN1CCOC(C)C1. The highest BCUT2D eigenvalue weighted by molar-refractivity contribution is 5.95. The minimum atomic E-state index is -0.172.